The van der Waals surface area contributed by atoms with E-state index in [0.717, 1.165) is 14.2 Å². The number of carbonyl (C=O) groups is 4. The molecule has 0 aromatic heterocycles. The zero-order valence-corrected chi connectivity index (χ0v) is 16.1. The third-order valence-electron chi connectivity index (χ3n) is 3.61. The molecule has 1 amide bonds. The molecule has 9 nitrogen and oxygen atoms in total. The van der Waals surface area contributed by atoms with Gasteiger partial charge in [0.25, 0.3) is 5.91 Å². The van der Waals surface area contributed by atoms with E-state index in [1.54, 1.807) is 0 Å². The fourth-order valence-electron chi connectivity index (χ4n) is 2.25. The number of hydrogen-bond donors (Lipinski definition) is 1. The van der Waals surface area contributed by atoms with Gasteiger partial charge in [0.15, 0.2) is 24.8 Å². The molecule has 158 valence electrons. The average Bonchev–Trinajstić information content (AvgIpc) is 2.75. The van der Waals surface area contributed by atoms with E-state index in [1.165, 1.54) is 42.5 Å². The summed E-state index contributed by atoms with van der Waals surface area (Å²) in [5, 5.41) is 2.39. The number of methoxy groups -OCH3 is 2. The maximum absolute atomic E-state index is 13.4. The summed E-state index contributed by atoms with van der Waals surface area (Å²) in [6.07, 6.45) is 0. The number of benzene rings is 2. The number of esters is 3. The molecule has 2 rings (SSSR count). The highest BCUT2D eigenvalue weighted by molar-refractivity contribution is 6.00. The number of ether oxygens (including phenoxy) is 4. The third kappa shape index (κ3) is 6.30. The van der Waals surface area contributed by atoms with Gasteiger partial charge in [-0.1, -0.05) is 12.1 Å². The van der Waals surface area contributed by atoms with E-state index in [9.17, 15) is 23.6 Å². The molecule has 0 atom stereocenters. The minimum Gasteiger partial charge on any atom is -0.479 e. The molecule has 0 saturated carbocycles. The Morgan fingerprint density at radius 3 is 2.07 bits per heavy atom. The molecule has 0 saturated heterocycles. The summed E-state index contributed by atoms with van der Waals surface area (Å²) < 4.78 is 32.4. The molecule has 2 aromatic carbocycles. The van der Waals surface area contributed by atoms with Crippen molar-refractivity contribution >= 4 is 29.5 Å². The van der Waals surface area contributed by atoms with Gasteiger partial charge in [-0.05, 0) is 30.3 Å². The first-order valence-corrected chi connectivity index (χ1v) is 8.48. The van der Waals surface area contributed by atoms with Crippen LogP contribution in [0.2, 0.25) is 0 Å². The second-order valence-corrected chi connectivity index (χ2v) is 5.71. The van der Waals surface area contributed by atoms with E-state index in [-0.39, 0.29) is 22.6 Å². The lowest BCUT2D eigenvalue weighted by molar-refractivity contribution is -0.149. The molecule has 0 aliphatic heterocycles. The van der Waals surface area contributed by atoms with E-state index in [0.29, 0.717) is 0 Å². The standard InChI is InChI=1S/C20H18FNO8/c1-27-19(25)12-7-13(20(26)28-2)9-14(8-12)22-17(23)10-30-18(24)11-29-16-6-4-3-5-15(16)21/h3-9H,10-11H2,1-2H3,(H,22,23). The van der Waals surface area contributed by atoms with Crippen LogP contribution >= 0.6 is 0 Å². The summed E-state index contributed by atoms with van der Waals surface area (Å²) in [7, 11) is 2.32. The normalized spacial score (nSPS) is 9.97. The highest BCUT2D eigenvalue weighted by atomic mass is 19.1. The van der Waals surface area contributed by atoms with Crippen LogP contribution in [0, 0.1) is 5.82 Å². The molecule has 0 aliphatic carbocycles. The summed E-state index contributed by atoms with van der Waals surface area (Å²) in [6.45, 7) is -1.27. The molecule has 0 unspecified atom stereocenters. The molecule has 1 N–H and O–H groups in total. The van der Waals surface area contributed by atoms with E-state index in [4.69, 9.17) is 9.47 Å². The van der Waals surface area contributed by atoms with Crippen LogP contribution in [0.15, 0.2) is 42.5 Å². The first-order valence-electron chi connectivity index (χ1n) is 8.48. The molecule has 0 heterocycles. The van der Waals surface area contributed by atoms with Crippen LogP contribution in [-0.2, 0) is 23.8 Å². The number of amides is 1. The summed E-state index contributed by atoms with van der Waals surface area (Å²) in [5.41, 5.74) is 0.0962. The van der Waals surface area contributed by atoms with Crippen LogP contribution in [0.4, 0.5) is 10.1 Å². The predicted octanol–water partition coefficient (Wildman–Crippen LogP) is 1.96. The van der Waals surface area contributed by atoms with Crippen LogP contribution in [-0.4, -0.2) is 51.2 Å². The van der Waals surface area contributed by atoms with Gasteiger partial charge in [0.1, 0.15) is 0 Å². The fraction of sp³-hybridized carbons (Fsp3) is 0.200. The molecular formula is C20H18FNO8. The summed E-state index contributed by atoms with van der Waals surface area (Å²) >= 11 is 0. The number of halogens is 1. The van der Waals surface area contributed by atoms with Gasteiger partial charge in [0, 0.05) is 5.69 Å². The Bertz CT molecular complexity index is 925. The smallest absolute Gasteiger partial charge is 0.344 e. The van der Waals surface area contributed by atoms with E-state index in [1.807, 2.05) is 0 Å². The van der Waals surface area contributed by atoms with Crippen molar-refractivity contribution in [3.05, 3.63) is 59.4 Å². The number of anilines is 1. The van der Waals surface area contributed by atoms with E-state index in [2.05, 4.69) is 14.8 Å². The number of nitrogens with one attached hydrogen (secondary N) is 1. The zero-order chi connectivity index (χ0) is 22.1. The van der Waals surface area contributed by atoms with Crippen LogP contribution < -0.4 is 10.1 Å². The van der Waals surface area contributed by atoms with Crippen molar-refractivity contribution in [3.63, 3.8) is 0 Å². The van der Waals surface area contributed by atoms with Gasteiger partial charge < -0.3 is 24.3 Å². The molecule has 2 aromatic rings. The van der Waals surface area contributed by atoms with Gasteiger partial charge in [-0.3, -0.25) is 4.79 Å². The minimum atomic E-state index is -0.896. The molecule has 0 radical (unpaired) electrons. The number of para-hydroxylation sites is 1. The lowest BCUT2D eigenvalue weighted by atomic mass is 10.1. The van der Waals surface area contributed by atoms with Crippen molar-refractivity contribution in [3.8, 4) is 5.75 Å². The summed E-state index contributed by atoms with van der Waals surface area (Å²) in [5.74, 6) is -3.87. The Balaban J connectivity index is 1.95. The van der Waals surface area contributed by atoms with Gasteiger partial charge >= 0.3 is 17.9 Å². The SMILES string of the molecule is COC(=O)c1cc(NC(=O)COC(=O)COc2ccccc2F)cc(C(=O)OC)c1. The Morgan fingerprint density at radius 1 is 0.900 bits per heavy atom. The van der Waals surface area contributed by atoms with Crippen LogP contribution in [0.3, 0.4) is 0 Å². The number of carbonyl (C=O) groups excluding carboxylic acids is 4. The van der Waals surface area contributed by atoms with Crippen LogP contribution in [0.25, 0.3) is 0 Å². The summed E-state index contributed by atoms with van der Waals surface area (Å²) in [6, 6.07) is 9.29. The second kappa shape index (κ2) is 10.6. The first kappa shape index (κ1) is 22.3. The van der Waals surface area contributed by atoms with Crippen LogP contribution in [0.1, 0.15) is 20.7 Å². The minimum absolute atomic E-state index is 0.00554. The van der Waals surface area contributed by atoms with Crippen molar-refractivity contribution < 1.29 is 42.5 Å². The Hall–Kier alpha value is -3.95. The van der Waals surface area contributed by atoms with Crippen LogP contribution in [0.5, 0.6) is 5.75 Å². The third-order valence-corrected chi connectivity index (χ3v) is 3.61. The molecule has 0 spiro atoms. The largest absolute Gasteiger partial charge is 0.479 e. The first-order chi connectivity index (χ1) is 14.3. The number of rotatable bonds is 8. The Labute approximate surface area is 170 Å². The van der Waals surface area contributed by atoms with Gasteiger partial charge in [-0.2, -0.15) is 0 Å². The van der Waals surface area contributed by atoms with Gasteiger partial charge in [-0.15, -0.1) is 0 Å². The zero-order valence-electron chi connectivity index (χ0n) is 16.1. The lowest BCUT2D eigenvalue weighted by Gasteiger charge is -2.10. The van der Waals surface area contributed by atoms with Gasteiger partial charge in [0.2, 0.25) is 0 Å². The topological polar surface area (TPSA) is 117 Å². The van der Waals surface area contributed by atoms with E-state index >= 15 is 0 Å². The quantitative estimate of drug-likeness (QED) is 0.510. The van der Waals surface area contributed by atoms with Gasteiger partial charge in [0.05, 0.1) is 25.3 Å². The van der Waals surface area contributed by atoms with Crippen molar-refractivity contribution in [2.75, 3.05) is 32.8 Å². The second-order valence-electron chi connectivity index (χ2n) is 5.71. The lowest BCUT2D eigenvalue weighted by Crippen LogP contribution is -2.24. The Kier molecular flexibility index (Phi) is 7.86. The maximum Gasteiger partial charge on any atom is 0.344 e. The van der Waals surface area contributed by atoms with Gasteiger partial charge in [-0.25, -0.2) is 18.8 Å². The maximum atomic E-state index is 13.4. The highest BCUT2D eigenvalue weighted by Gasteiger charge is 2.16. The highest BCUT2D eigenvalue weighted by Crippen LogP contribution is 2.17. The molecule has 10 heteroatoms. The monoisotopic (exact) mass is 419 g/mol. The molecule has 0 aliphatic rings. The van der Waals surface area contributed by atoms with Crippen molar-refractivity contribution in [2.45, 2.75) is 0 Å². The molecular weight excluding hydrogens is 401 g/mol. The summed E-state index contributed by atoms with van der Waals surface area (Å²) in [4.78, 5) is 47.2. The fourth-order valence-corrected chi connectivity index (χ4v) is 2.25. The van der Waals surface area contributed by atoms with E-state index < -0.39 is 42.8 Å². The Morgan fingerprint density at radius 2 is 1.50 bits per heavy atom. The van der Waals surface area contributed by atoms with Crippen molar-refractivity contribution in [1.29, 1.82) is 0 Å². The number of hydrogen-bond acceptors (Lipinski definition) is 8. The predicted molar refractivity (Wildman–Crippen MR) is 101 cm³/mol. The molecule has 0 bridgehead atoms. The average molecular weight is 419 g/mol. The molecule has 30 heavy (non-hydrogen) atoms. The van der Waals surface area contributed by atoms with Crippen molar-refractivity contribution in [2.24, 2.45) is 0 Å². The molecule has 0 fully saturated rings. The van der Waals surface area contributed by atoms with Crippen molar-refractivity contribution in [1.82, 2.24) is 0 Å².